The molecule has 1 amide bonds. The van der Waals surface area contributed by atoms with Crippen LogP contribution in [0.1, 0.15) is 16.1 Å². The van der Waals surface area contributed by atoms with Crippen molar-refractivity contribution in [2.45, 2.75) is 12.5 Å². The van der Waals surface area contributed by atoms with Crippen LogP contribution in [0.15, 0.2) is 47.2 Å². The van der Waals surface area contributed by atoms with Crippen LogP contribution >= 0.6 is 15.9 Å². The molecule has 6 nitrogen and oxygen atoms in total. The zero-order chi connectivity index (χ0) is 18.8. The van der Waals surface area contributed by atoms with Crippen molar-refractivity contribution >= 4 is 33.5 Å². The number of hydrogen-bond donors (Lipinski definition) is 2. The summed E-state index contributed by atoms with van der Waals surface area (Å²) in [4.78, 5) is 27.9. The molecule has 0 fully saturated rings. The molecule has 2 heterocycles. The van der Waals surface area contributed by atoms with Crippen LogP contribution in [0.2, 0.25) is 0 Å². The third-order valence-electron chi connectivity index (χ3n) is 3.79. The van der Waals surface area contributed by atoms with Gasteiger partial charge in [-0.2, -0.15) is 0 Å². The van der Waals surface area contributed by atoms with Gasteiger partial charge < -0.3 is 14.8 Å². The fourth-order valence-electron chi connectivity index (χ4n) is 2.56. The third kappa shape index (κ3) is 3.43. The van der Waals surface area contributed by atoms with Gasteiger partial charge >= 0.3 is 5.97 Å². The summed E-state index contributed by atoms with van der Waals surface area (Å²) in [6, 6.07) is 4.97. The first-order valence-electron chi connectivity index (χ1n) is 7.46. The number of carbonyl (C=O) groups excluding carboxylic acids is 1. The molecular formula is C17H12BrF2N3O3. The van der Waals surface area contributed by atoms with E-state index in [2.05, 4.69) is 26.2 Å². The molecule has 0 spiro atoms. The van der Waals surface area contributed by atoms with Crippen molar-refractivity contribution in [3.63, 3.8) is 0 Å². The van der Waals surface area contributed by atoms with Gasteiger partial charge in [0.2, 0.25) is 0 Å². The lowest BCUT2D eigenvalue weighted by Gasteiger charge is -2.16. The first kappa shape index (κ1) is 18.0. The van der Waals surface area contributed by atoms with Gasteiger partial charge in [0.25, 0.3) is 5.91 Å². The minimum absolute atomic E-state index is 0.0999. The van der Waals surface area contributed by atoms with Crippen LogP contribution < -0.4 is 5.32 Å². The number of carboxylic acid groups (broad SMARTS) is 1. The Morgan fingerprint density at radius 3 is 2.58 bits per heavy atom. The number of fused-ring (bicyclic) bond motifs is 1. The number of nitrogens with zero attached hydrogens (tertiary/aromatic N) is 2. The van der Waals surface area contributed by atoms with Gasteiger partial charge in [-0.15, -0.1) is 0 Å². The Hall–Kier alpha value is -2.81. The first-order valence-corrected chi connectivity index (χ1v) is 8.26. The van der Waals surface area contributed by atoms with Crippen LogP contribution in [-0.4, -0.2) is 32.4 Å². The monoisotopic (exact) mass is 423 g/mol. The van der Waals surface area contributed by atoms with Crippen molar-refractivity contribution in [3.05, 3.63) is 70.1 Å². The van der Waals surface area contributed by atoms with Gasteiger partial charge in [0.1, 0.15) is 23.2 Å². The summed E-state index contributed by atoms with van der Waals surface area (Å²) >= 11 is 3.34. The van der Waals surface area contributed by atoms with E-state index >= 15 is 0 Å². The van der Waals surface area contributed by atoms with Crippen LogP contribution in [-0.2, 0) is 11.2 Å². The standard InChI is InChI=1S/C17H12BrF2N3O3/c18-10-5-4-9(23-7-6-21-15(10)23)8-13(17(25)26)22-16(24)14-11(19)2-1-3-12(14)20/h1-7,13H,8H2,(H,22,24)(H,25,26). The van der Waals surface area contributed by atoms with Crippen molar-refractivity contribution in [3.8, 4) is 0 Å². The summed E-state index contributed by atoms with van der Waals surface area (Å²) in [6.45, 7) is 0. The molecule has 9 heteroatoms. The molecule has 0 saturated carbocycles. The Balaban J connectivity index is 1.88. The van der Waals surface area contributed by atoms with E-state index in [0.29, 0.717) is 11.3 Å². The van der Waals surface area contributed by atoms with Gasteiger partial charge in [0.05, 0.1) is 4.47 Å². The number of aliphatic carboxylic acids is 1. The topological polar surface area (TPSA) is 83.7 Å². The summed E-state index contributed by atoms with van der Waals surface area (Å²) < 4.78 is 29.8. The number of aromatic nitrogens is 2. The Bertz CT molecular complexity index is 986. The molecule has 1 atom stereocenters. The average Bonchev–Trinajstić information content (AvgIpc) is 3.07. The molecular weight excluding hydrogens is 412 g/mol. The Morgan fingerprint density at radius 1 is 1.23 bits per heavy atom. The summed E-state index contributed by atoms with van der Waals surface area (Å²) in [7, 11) is 0. The average molecular weight is 424 g/mol. The van der Waals surface area contributed by atoms with Crippen LogP contribution in [0, 0.1) is 11.6 Å². The normalized spacial score (nSPS) is 12.1. The predicted molar refractivity (Wildman–Crippen MR) is 91.8 cm³/mol. The smallest absolute Gasteiger partial charge is 0.326 e. The predicted octanol–water partition coefficient (Wildman–Crippen LogP) is 2.80. The van der Waals surface area contributed by atoms with E-state index in [-0.39, 0.29) is 6.42 Å². The Labute approximate surface area is 154 Å². The number of hydrogen-bond acceptors (Lipinski definition) is 3. The lowest BCUT2D eigenvalue weighted by atomic mass is 10.1. The maximum atomic E-state index is 13.7. The lowest BCUT2D eigenvalue weighted by Crippen LogP contribution is -2.43. The molecule has 0 aliphatic heterocycles. The Morgan fingerprint density at radius 2 is 1.92 bits per heavy atom. The largest absolute Gasteiger partial charge is 0.480 e. The molecule has 0 radical (unpaired) electrons. The molecule has 2 N–H and O–H groups in total. The molecule has 0 aliphatic carbocycles. The molecule has 3 aromatic rings. The number of amides is 1. The van der Waals surface area contributed by atoms with Gasteiger partial charge in [0, 0.05) is 24.5 Å². The van der Waals surface area contributed by atoms with Crippen LogP contribution in [0.5, 0.6) is 0 Å². The summed E-state index contributed by atoms with van der Waals surface area (Å²) in [5, 5.41) is 11.6. The second kappa shape index (κ2) is 7.20. The zero-order valence-corrected chi connectivity index (χ0v) is 14.7. The van der Waals surface area contributed by atoms with Crippen molar-refractivity contribution in [2.75, 3.05) is 0 Å². The van der Waals surface area contributed by atoms with Gasteiger partial charge in [-0.25, -0.2) is 18.6 Å². The van der Waals surface area contributed by atoms with E-state index in [9.17, 15) is 23.5 Å². The van der Waals surface area contributed by atoms with Crippen molar-refractivity contribution < 1.29 is 23.5 Å². The quantitative estimate of drug-likeness (QED) is 0.660. The van der Waals surface area contributed by atoms with E-state index in [1.165, 1.54) is 0 Å². The second-order valence-corrected chi connectivity index (χ2v) is 6.31. The maximum Gasteiger partial charge on any atom is 0.326 e. The highest BCUT2D eigenvalue weighted by atomic mass is 79.9. The number of carboxylic acids is 1. The summed E-state index contributed by atoms with van der Waals surface area (Å²) in [6.07, 6.45) is 3.09. The Kier molecular flexibility index (Phi) is 4.99. The third-order valence-corrected chi connectivity index (χ3v) is 4.41. The number of benzene rings is 1. The molecule has 1 unspecified atom stereocenters. The molecule has 0 aliphatic rings. The molecule has 0 bridgehead atoms. The fourth-order valence-corrected chi connectivity index (χ4v) is 2.98. The van der Waals surface area contributed by atoms with E-state index in [0.717, 1.165) is 22.7 Å². The van der Waals surface area contributed by atoms with Gasteiger partial charge in [-0.05, 0) is 40.2 Å². The SMILES string of the molecule is O=C(NC(Cc1ccc(Br)c2nccn12)C(=O)O)c1c(F)cccc1F. The van der Waals surface area contributed by atoms with Crippen molar-refractivity contribution in [1.82, 2.24) is 14.7 Å². The van der Waals surface area contributed by atoms with E-state index in [1.807, 2.05) is 0 Å². The number of rotatable bonds is 5. The highest BCUT2D eigenvalue weighted by Gasteiger charge is 2.25. The minimum atomic E-state index is -1.38. The molecule has 134 valence electrons. The number of pyridine rings is 1. The summed E-state index contributed by atoms with van der Waals surface area (Å²) in [5.41, 5.74) is 0.322. The molecule has 0 saturated heterocycles. The second-order valence-electron chi connectivity index (χ2n) is 5.46. The summed E-state index contributed by atoms with van der Waals surface area (Å²) in [5.74, 6) is -4.59. The van der Waals surface area contributed by atoms with Crippen LogP contribution in [0.4, 0.5) is 8.78 Å². The van der Waals surface area contributed by atoms with E-state index in [4.69, 9.17) is 0 Å². The molecule has 26 heavy (non-hydrogen) atoms. The van der Waals surface area contributed by atoms with Crippen molar-refractivity contribution in [2.24, 2.45) is 0 Å². The van der Waals surface area contributed by atoms with Gasteiger partial charge in [-0.3, -0.25) is 4.79 Å². The maximum absolute atomic E-state index is 13.7. The minimum Gasteiger partial charge on any atom is -0.480 e. The molecule has 2 aromatic heterocycles. The van der Waals surface area contributed by atoms with E-state index in [1.54, 1.807) is 28.9 Å². The zero-order valence-electron chi connectivity index (χ0n) is 13.1. The fraction of sp³-hybridized carbons (Fsp3) is 0.118. The van der Waals surface area contributed by atoms with Crippen LogP contribution in [0.3, 0.4) is 0 Å². The number of carbonyl (C=O) groups is 2. The van der Waals surface area contributed by atoms with Gasteiger partial charge in [0.15, 0.2) is 5.65 Å². The van der Waals surface area contributed by atoms with Gasteiger partial charge in [-0.1, -0.05) is 6.07 Å². The number of nitrogens with one attached hydrogen (secondary N) is 1. The number of imidazole rings is 1. The first-order chi connectivity index (χ1) is 12.4. The highest BCUT2D eigenvalue weighted by molar-refractivity contribution is 9.10. The molecule has 3 rings (SSSR count). The number of halogens is 3. The van der Waals surface area contributed by atoms with E-state index < -0.39 is 35.1 Å². The van der Waals surface area contributed by atoms with Crippen LogP contribution in [0.25, 0.3) is 5.65 Å². The lowest BCUT2D eigenvalue weighted by molar-refractivity contribution is -0.139. The van der Waals surface area contributed by atoms with Crippen molar-refractivity contribution in [1.29, 1.82) is 0 Å². The highest BCUT2D eigenvalue weighted by Crippen LogP contribution is 2.19. The molecule has 1 aromatic carbocycles.